The monoisotopic (exact) mass is 264 g/mol. The maximum Gasteiger partial charge on any atom is 0.151 e. The third-order valence-corrected chi connectivity index (χ3v) is 4.32. The number of nitrogens with one attached hydrogen (secondary N) is 1. The van der Waals surface area contributed by atoms with Gasteiger partial charge in [-0.25, -0.2) is 4.98 Å². The lowest BCUT2D eigenvalue weighted by molar-refractivity contribution is 0.575. The van der Waals surface area contributed by atoms with Crippen molar-refractivity contribution in [1.82, 2.24) is 20.1 Å². The summed E-state index contributed by atoms with van der Waals surface area (Å²) in [6.07, 6.45) is 3.73. The Balaban J connectivity index is 1.79. The number of rotatable bonds is 6. The van der Waals surface area contributed by atoms with Crippen molar-refractivity contribution in [2.75, 3.05) is 6.54 Å². The minimum Gasteiger partial charge on any atom is -0.309 e. The van der Waals surface area contributed by atoms with Crippen molar-refractivity contribution in [2.24, 2.45) is 7.05 Å². The maximum absolute atomic E-state index is 4.27. The molecule has 2 aromatic heterocycles. The summed E-state index contributed by atoms with van der Waals surface area (Å²) in [5.74, 6) is 0.901. The molecule has 0 aliphatic heterocycles. The van der Waals surface area contributed by atoms with E-state index in [1.54, 1.807) is 11.0 Å². The van der Waals surface area contributed by atoms with Gasteiger partial charge in [-0.05, 0) is 25.5 Å². The largest absolute Gasteiger partial charge is 0.309 e. The van der Waals surface area contributed by atoms with Crippen LogP contribution in [-0.2, 0) is 19.9 Å². The van der Waals surface area contributed by atoms with Gasteiger partial charge in [0, 0.05) is 35.8 Å². The number of aryl methyl sites for hydroxylation is 2. The molecule has 0 saturated carbocycles. The lowest BCUT2D eigenvalue weighted by atomic mass is 10.2. The fraction of sp³-hybridized carbons (Fsp3) is 0.538. The van der Waals surface area contributed by atoms with Crippen LogP contribution in [-0.4, -0.2) is 21.3 Å². The van der Waals surface area contributed by atoms with E-state index in [2.05, 4.69) is 41.4 Å². The van der Waals surface area contributed by atoms with Crippen LogP contribution < -0.4 is 5.32 Å². The second-order valence-corrected chi connectivity index (χ2v) is 5.62. The fourth-order valence-corrected chi connectivity index (χ4v) is 2.80. The molecular formula is C13H20N4S. The Bertz CT molecular complexity index is 489. The zero-order valence-corrected chi connectivity index (χ0v) is 12.0. The fourth-order valence-electron chi connectivity index (χ4n) is 1.82. The van der Waals surface area contributed by atoms with E-state index in [-0.39, 0.29) is 0 Å². The van der Waals surface area contributed by atoms with Gasteiger partial charge < -0.3 is 5.32 Å². The number of thiophene rings is 1. The van der Waals surface area contributed by atoms with Crippen molar-refractivity contribution in [3.05, 3.63) is 34.0 Å². The van der Waals surface area contributed by atoms with Crippen LogP contribution in [0.2, 0.25) is 0 Å². The van der Waals surface area contributed by atoms with Gasteiger partial charge in [-0.1, -0.05) is 6.92 Å². The zero-order valence-electron chi connectivity index (χ0n) is 11.2. The molecule has 18 heavy (non-hydrogen) atoms. The van der Waals surface area contributed by atoms with Crippen LogP contribution in [0, 0.1) is 0 Å². The van der Waals surface area contributed by atoms with Gasteiger partial charge in [-0.2, -0.15) is 5.10 Å². The van der Waals surface area contributed by atoms with E-state index in [1.807, 2.05) is 18.4 Å². The third kappa shape index (κ3) is 3.40. The molecule has 0 aliphatic rings. The first-order chi connectivity index (χ1) is 8.69. The summed E-state index contributed by atoms with van der Waals surface area (Å²) in [7, 11) is 1.89. The van der Waals surface area contributed by atoms with Gasteiger partial charge in [0.1, 0.15) is 6.33 Å². The first-order valence-electron chi connectivity index (χ1n) is 6.35. The second kappa shape index (κ2) is 6.11. The molecule has 1 atom stereocenters. The highest BCUT2D eigenvalue weighted by Gasteiger charge is 2.08. The van der Waals surface area contributed by atoms with Crippen LogP contribution in [0.15, 0.2) is 18.5 Å². The van der Waals surface area contributed by atoms with E-state index in [0.29, 0.717) is 6.04 Å². The standard InChI is InChI=1S/C13H20N4S/c1-4-11-5-6-12(18-11)10(2)14-8-7-13-15-9-17(3)16-13/h5-6,9-10,14H,4,7-8H2,1-3H3. The molecule has 2 rings (SSSR count). The summed E-state index contributed by atoms with van der Waals surface area (Å²) in [6.45, 7) is 5.31. The van der Waals surface area contributed by atoms with Crippen molar-refractivity contribution in [1.29, 1.82) is 0 Å². The molecule has 98 valence electrons. The van der Waals surface area contributed by atoms with Crippen LogP contribution in [0.3, 0.4) is 0 Å². The van der Waals surface area contributed by atoms with Gasteiger partial charge in [0.25, 0.3) is 0 Å². The molecule has 0 fully saturated rings. The van der Waals surface area contributed by atoms with Crippen molar-refractivity contribution in [3.63, 3.8) is 0 Å². The molecule has 0 radical (unpaired) electrons. The minimum absolute atomic E-state index is 0.402. The van der Waals surface area contributed by atoms with E-state index in [0.717, 1.165) is 25.2 Å². The molecule has 0 saturated heterocycles. The smallest absolute Gasteiger partial charge is 0.151 e. The topological polar surface area (TPSA) is 42.7 Å². The Morgan fingerprint density at radius 3 is 2.89 bits per heavy atom. The summed E-state index contributed by atoms with van der Waals surface area (Å²) >= 11 is 1.89. The molecule has 0 aromatic carbocycles. The van der Waals surface area contributed by atoms with Gasteiger partial charge in [-0.3, -0.25) is 4.68 Å². The highest BCUT2D eigenvalue weighted by molar-refractivity contribution is 7.12. The quantitative estimate of drug-likeness (QED) is 0.871. The second-order valence-electron chi connectivity index (χ2n) is 4.42. The molecule has 2 heterocycles. The molecule has 0 aliphatic carbocycles. The van der Waals surface area contributed by atoms with E-state index >= 15 is 0 Å². The van der Waals surface area contributed by atoms with Gasteiger partial charge in [0.15, 0.2) is 5.82 Å². The molecule has 0 spiro atoms. The Hall–Kier alpha value is -1.20. The normalized spacial score (nSPS) is 12.8. The molecule has 0 amide bonds. The van der Waals surface area contributed by atoms with Gasteiger partial charge in [-0.15, -0.1) is 11.3 Å². The van der Waals surface area contributed by atoms with Gasteiger partial charge in [0.05, 0.1) is 0 Å². The maximum atomic E-state index is 4.27. The van der Waals surface area contributed by atoms with Crippen LogP contribution in [0.5, 0.6) is 0 Å². The highest BCUT2D eigenvalue weighted by Crippen LogP contribution is 2.23. The van der Waals surface area contributed by atoms with Crippen LogP contribution in [0.4, 0.5) is 0 Å². The Morgan fingerprint density at radius 1 is 1.44 bits per heavy atom. The average molecular weight is 264 g/mol. The van der Waals surface area contributed by atoms with E-state index in [4.69, 9.17) is 0 Å². The van der Waals surface area contributed by atoms with Crippen LogP contribution in [0.1, 0.15) is 35.5 Å². The first-order valence-corrected chi connectivity index (χ1v) is 7.17. The van der Waals surface area contributed by atoms with Crippen molar-refractivity contribution < 1.29 is 0 Å². The summed E-state index contributed by atoms with van der Waals surface area (Å²) in [5.41, 5.74) is 0. The summed E-state index contributed by atoms with van der Waals surface area (Å²) < 4.78 is 1.74. The molecule has 5 heteroatoms. The predicted octanol–water partition coefficient (Wildman–Crippen LogP) is 2.33. The number of hydrogen-bond acceptors (Lipinski definition) is 4. The first kappa shape index (κ1) is 13.2. The van der Waals surface area contributed by atoms with E-state index in [1.165, 1.54) is 9.75 Å². The Labute approximate surface area is 112 Å². The molecule has 0 bridgehead atoms. The number of hydrogen-bond donors (Lipinski definition) is 1. The van der Waals surface area contributed by atoms with E-state index in [9.17, 15) is 0 Å². The van der Waals surface area contributed by atoms with Crippen molar-refractivity contribution in [3.8, 4) is 0 Å². The summed E-state index contributed by atoms with van der Waals surface area (Å²) in [6, 6.07) is 4.84. The third-order valence-electron chi connectivity index (χ3n) is 2.90. The molecular weight excluding hydrogens is 244 g/mol. The zero-order chi connectivity index (χ0) is 13.0. The predicted molar refractivity (Wildman–Crippen MR) is 74.8 cm³/mol. The number of aromatic nitrogens is 3. The summed E-state index contributed by atoms with van der Waals surface area (Å²) in [4.78, 5) is 7.07. The number of nitrogens with zero attached hydrogens (tertiary/aromatic N) is 3. The Kier molecular flexibility index (Phi) is 4.49. The molecule has 1 N–H and O–H groups in total. The molecule has 4 nitrogen and oxygen atoms in total. The molecule has 2 aromatic rings. The average Bonchev–Trinajstić information content (AvgIpc) is 2.98. The highest BCUT2D eigenvalue weighted by atomic mass is 32.1. The lowest BCUT2D eigenvalue weighted by Gasteiger charge is -2.10. The summed E-state index contributed by atoms with van der Waals surface area (Å²) in [5, 5.41) is 7.78. The Morgan fingerprint density at radius 2 is 2.28 bits per heavy atom. The van der Waals surface area contributed by atoms with Crippen molar-refractivity contribution in [2.45, 2.75) is 32.7 Å². The van der Waals surface area contributed by atoms with Crippen molar-refractivity contribution >= 4 is 11.3 Å². The van der Waals surface area contributed by atoms with Gasteiger partial charge in [0.2, 0.25) is 0 Å². The van der Waals surface area contributed by atoms with E-state index < -0.39 is 0 Å². The minimum atomic E-state index is 0.402. The molecule has 1 unspecified atom stereocenters. The van der Waals surface area contributed by atoms with Crippen LogP contribution >= 0.6 is 11.3 Å². The van der Waals surface area contributed by atoms with Gasteiger partial charge >= 0.3 is 0 Å². The van der Waals surface area contributed by atoms with Crippen LogP contribution in [0.25, 0.3) is 0 Å². The SMILES string of the molecule is CCc1ccc(C(C)NCCc2ncn(C)n2)s1. The lowest BCUT2D eigenvalue weighted by Crippen LogP contribution is -2.21.